The molecule has 29 heavy (non-hydrogen) atoms. The molecule has 150 valence electrons. The second kappa shape index (κ2) is 6.88. The Kier molecular flexibility index (Phi) is 4.31. The normalized spacial score (nSPS) is 21.2. The maximum atomic E-state index is 12.8. The number of piperidine rings is 1. The molecule has 2 fully saturated rings. The third-order valence-electron chi connectivity index (χ3n) is 6.09. The molecule has 2 saturated heterocycles. The number of fused-ring (bicyclic) bond motifs is 1. The number of likely N-dealkylation sites (tertiary alicyclic amines) is 1. The number of rotatable bonds is 3. The molecule has 1 unspecified atom stereocenters. The summed E-state index contributed by atoms with van der Waals surface area (Å²) in [6, 6.07) is 9.75. The Morgan fingerprint density at radius 3 is 2.62 bits per heavy atom. The van der Waals surface area contributed by atoms with Crippen LogP contribution >= 0.6 is 11.3 Å². The van der Waals surface area contributed by atoms with Crippen molar-refractivity contribution >= 4 is 28.2 Å². The van der Waals surface area contributed by atoms with E-state index >= 15 is 0 Å². The van der Waals surface area contributed by atoms with E-state index in [0.29, 0.717) is 19.6 Å². The first-order valence-electron chi connectivity index (χ1n) is 9.89. The quantitative estimate of drug-likeness (QED) is 0.697. The summed E-state index contributed by atoms with van der Waals surface area (Å²) in [7, 11) is 0. The van der Waals surface area contributed by atoms with E-state index in [4.69, 9.17) is 4.98 Å². The summed E-state index contributed by atoms with van der Waals surface area (Å²) in [5, 5.41) is 5.36. The van der Waals surface area contributed by atoms with Crippen molar-refractivity contribution in [2.75, 3.05) is 19.6 Å². The van der Waals surface area contributed by atoms with Gasteiger partial charge in [0.2, 0.25) is 5.91 Å². The second-order valence-electron chi connectivity index (χ2n) is 7.84. The Balaban J connectivity index is 1.44. The first-order chi connectivity index (χ1) is 14.0. The average molecular weight is 410 g/mol. The van der Waals surface area contributed by atoms with Crippen LogP contribution in [-0.4, -0.2) is 51.9 Å². The van der Waals surface area contributed by atoms with Gasteiger partial charge in [0, 0.05) is 42.3 Å². The number of nitrogens with zero attached hydrogens (tertiary/aromatic N) is 3. The molecule has 8 heteroatoms. The van der Waals surface area contributed by atoms with Gasteiger partial charge < -0.3 is 15.5 Å². The molecule has 2 aliphatic rings. The number of aromatic nitrogens is 2. The molecule has 0 radical (unpaired) electrons. The molecular formula is C21H23N5O2S. The van der Waals surface area contributed by atoms with Crippen LogP contribution in [0.4, 0.5) is 4.79 Å². The van der Waals surface area contributed by atoms with Crippen molar-refractivity contribution in [1.82, 2.24) is 24.9 Å². The predicted molar refractivity (Wildman–Crippen MR) is 111 cm³/mol. The van der Waals surface area contributed by atoms with Crippen LogP contribution in [0.25, 0.3) is 4.96 Å². The molecule has 0 spiro atoms. The van der Waals surface area contributed by atoms with Gasteiger partial charge in [-0.15, -0.1) is 11.3 Å². The number of imidazole rings is 1. The molecule has 1 atom stereocenters. The maximum Gasteiger partial charge on any atom is 0.315 e. The third-order valence-corrected chi connectivity index (χ3v) is 7.00. The van der Waals surface area contributed by atoms with E-state index in [0.717, 1.165) is 23.5 Å². The number of hydrogen-bond donors (Lipinski definition) is 2. The van der Waals surface area contributed by atoms with Crippen LogP contribution in [0.3, 0.4) is 0 Å². The Morgan fingerprint density at radius 1 is 1.21 bits per heavy atom. The molecular weight excluding hydrogens is 386 g/mol. The van der Waals surface area contributed by atoms with Crippen molar-refractivity contribution in [3.63, 3.8) is 0 Å². The van der Waals surface area contributed by atoms with E-state index in [1.165, 1.54) is 10.4 Å². The molecule has 0 saturated carbocycles. The largest absolute Gasteiger partial charge is 0.341 e. The van der Waals surface area contributed by atoms with Crippen LogP contribution in [-0.2, 0) is 10.2 Å². The Bertz CT molecular complexity index is 1030. The molecule has 5 rings (SSSR count). The molecule has 0 bridgehead atoms. The van der Waals surface area contributed by atoms with Crippen LogP contribution in [0.5, 0.6) is 0 Å². The first kappa shape index (κ1) is 18.2. The molecule has 2 N–H and O–H groups in total. The van der Waals surface area contributed by atoms with Crippen LogP contribution in [0.1, 0.15) is 29.0 Å². The minimum Gasteiger partial charge on any atom is -0.341 e. The summed E-state index contributed by atoms with van der Waals surface area (Å²) in [6.07, 6.45) is 5.87. The van der Waals surface area contributed by atoms with Crippen molar-refractivity contribution in [3.8, 4) is 0 Å². The Morgan fingerprint density at radius 2 is 1.97 bits per heavy atom. The fourth-order valence-electron chi connectivity index (χ4n) is 4.52. The Hall–Kier alpha value is -2.87. The number of aryl methyl sites for hydroxylation is 1. The van der Waals surface area contributed by atoms with Crippen LogP contribution in [0.2, 0.25) is 0 Å². The van der Waals surface area contributed by atoms with Crippen molar-refractivity contribution < 1.29 is 9.59 Å². The lowest BCUT2D eigenvalue weighted by atomic mass is 9.70. The summed E-state index contributed by atoms with van der Waals surface area (Å²) in [5.41, 5.74) is 2.10. The number of benzene rings is 1. The standard InChI is InChI=1S/C21H23N5O2S/c1-14-12-26-13-17(24-20(26)29-14)21(15-5-3-2-4-6-15)7-9-25(10-8-21)18(27)16-11-22-19(28)23-16/h2-6,12-13,16H,7-11H2,1H3,(H2,22,23,28). The van der Waals surface area contributed by atoms with Gasteiger partial charge in [-0.1, -0.05) is 30.3 Å². The van der Waals surface area contributed by atoms with E-state index in [9.17, 15) is 9.59 Å². The molecule has 4 heterocycles. The SMILES string of the molecule is Cc1cn2cc(C3(c4ccccc4)CCN(C(=O)C4CNC(=O)N4)CC3)nc2s1. The highest BCUT2D eigenvalue weighted by Gasteiger charge is 2.42. The zero-order valence-electron chi connectivity index (χ0n) is 16.2. The monoisotopic (exact) mass is 409 g/mol. The second-order valence-corrected chi connectivity index (χ2v) is 9.05. The predicted octanol–water partition coefficient (Wildman–Crippen LogP) is 2.29. The highest BCUT2D eigenvalue weighted by molar-refractivity contribution is 7.16. The minimum absolute atomic E-state index is 0.00791. The van der Waals surface area contributed by atoms with Gasteiger partial charge >= 0.3 is 6.03 Å². The van der Waals surface area contributed by atoms with Crippen molar-refractivity contribution in [3.05, 3.63) is 58.9 Å². The van der Waals surface area contributed by atoms with Gasteiger partial charge in [-0.25, -0.2) is 9.78 Å². The van der Waals surface area contributed by atoms with Crippen LogP contribution in [0.15, 0.2) is 42.7 Å². The molecule has 7 nitrogen and oxygen atoms in total. The topological polar surface area (TPSA) is 78.7 Å². The Labute approximate surface area is 172 Å². The minimum atomic E-state index is -0.465. The van der Waals surface area contributed by atoms with Crippen molar-refractivity contribution in [1.29, 1.82) is 0 Å². The number of urea groups is 1. The van der Waals surface area contributed by atoms with Gasteiger partial charge in [-0.05, 0) is 25.3 Å². The number of amides is 3. The highest BCUT2D eigenvalue weighted by Crippen LogP contribution is 2.42. The summed E-state index contributed by atoms with van der Waals surface area (Å²) in [5.74, 6) is -0.00791. The lowest BCUT2D eigenvalue weighted by Crippen LogP contribution is -2.51. The molecule has 3 aromatic rings. The van der Waals surface area contributed by atoms with Gasteiger partial charge in [0.05, 0.1) is 5.69 Å². The lowest BCUT2D eigenvalue weighted by Gasteiger charge is -2.42. The number of hydrogen-bond acceptors (Lipinski definition) is 4. The molecule has 1 aromatic carbocycles. The smallest absolute Gasteiger partial charge is 0.315 e. The maximum absolute atomic E-state index is 12.8. The molecule has 3 amide bonds. The van der Waals surface area contributed by atoms with E-state index in [1.54, 1.807) is 11.3 Å². The van der Waals surface area contributed by atoms with Crippen LogP contribution in [0, 0.1) is 6.92 Å². The number of thiazole rings is 1. The third kappa shape index (κ3) is 3.07. The average Bonchev–Trinajstić information content (AvgIpc) is 3.43. The van der Waals surface area contributed by atoms with Crippen molar-refractivity contribution in [2.45, 2.75) is 31.2 Å². The fourth-order valence-corrected chi connectivity index (χ4v) is 5.33. The molecule has 2 aromatic heterocycles. The summed E-state index contributed by atoms with van der Waals surface area (Å²) in [6.45, 7) is 3.73. The number of carbonyl (C=O) groups is 2. The summed E-state index contributed by atoms with van der Waals surface area (Å²) < 4.78 is 2.11. The van der Waals surface area contributed by atoms with E-state index in [1.807, 2.05) is 11.0 Å². The van der Waals surface area contributed by atoms with Gasteiger partial charge in [-0.3, -0.25) is 9.20 Å². The van der Waals surface area contributed by atoms with Crippen LogP contribution < -0.4 is 10.6 Å². The first-order valence-corrected chi connectivity index (χ1v) is 10.7. The van der Waals surface area contributed by atoms with Gasteiger partial charge in [-0.2, -0.15) is 0 Å². The highest BCUT2D eigenvalue weighted by atomic mass is 32.1. The number of carbonyl (C=O) groups excluding carboxylic acids is 2. The molecule has 2 aliphatic heterocycles. The summed E-state index contributed by atoms with van der Waals surface area (Å²) in [4.78, 5) is 33.3. The summed E-state index contributed by atoms with van der Waals surface area (Å²) >= 11 is 1.69. The molecule has 0 aliphatic carbocycles. The van der Waals surface area contributed by atoms with Gasteiger partial charge in [0.1, 0.15) is 6.04 Å². The van der Waals surface area contributed by atoms with Crippen molar-refractivity contribution in [2.24, 2.45) is 0 Å². The van der Waals surface area contributed by atoms with E-state index in [-0.39, 0.29) is 17.4 Å². The van der Waals surface area contributed by atoms with Gasteiger partial charge in [0.15, 0.2) is 4.96 Å². The van der Waals surface area contributed by atoms with Gasteiger partial charge in [0.25, 0.3) is 0 Å². The zero-order valence-corrected chi connectivity index (χ0v) is 17.0. The zero-order chi connectivity index (χ0) is 20.0. The van der Waals surface area contributed by atoms with E-state index in [2.05, 4.69) is 58.6 Å². The number of nitrogens with one attached hydrogen (secondary N) is 2. The lowest BCUT2D eigenvalue weighted by molar-refractivity contribution is -0.134. The fraction of sp³-hybridized carbons (Fsp3) is 0.381. The van der Waals surface area contributed by atoms with E-state index < -0.39 is 6.04 Å².